The number of ether oxygens (including phenoxy) is 1. The van der Waals surface area contributed by atoms with E-state index in [2.05, 4.69) is 40.0 Å². The molecule has 0 aromatic rings. The standard InChI is InChI=1S/C16H34N2O/c1-6-8-9-14(7-2)10-15(18-17)16-11(3)12(4)19-13(16)5/h11-16,18H,6-10,17H2,1-5H3. The molecule has 0 spiro atoms. The van der Waals surface area contributed by atoms with Gasteiger partial charge in [0.2, 0.25) is 0 Å². The Bertz CT molecular complexity index is 247. The van der Waals surface area contributed by atoms with Gasteiger partial charge < -0.3 is 4.74 Å². The first-order valence-electron chi connectivity index (χ1n) is 8.16. The number of nitrogens with one attached hydrogen (secondary N) is 1. The van der Waals surface area contributed by atoms with E-state index >= 15 is 0 Å². The van der Waals surface area contributed by atoms with Gasteiger partial charge in [-0.25, -0.2) is 0 Å². The molecule has 1 saturated heterocycles. The summed E-state index contributed by atoms with van der Waals surface area (Å²) in [7, 11) is 0. The maximum Gasteiger partial charge on any atom is 0.0597 e. The summed E-state index contributed by atoms with van der Waals surface area (Å²) in [6.07, 6.45) is 7.05. The third-order valence-corrected chi connectivity index (χ3v) is 5.13. The van der Waals surface area contributed by atoms with Crippen molar-refractivity contribution in [1.29, 1.82) is 0 Å². The number of hydrazine groups is 1. The van der Waals surface area contributed by atoms with Crippen LogP contribution in [0.25, 0.3) is 0 Å². The van der Waals surface area contributed by atoms with E-state index in [-0.39, 0.29) is 0 Å². The fourth-order valence-corrected chi connectivity index (χ4v) is 3.66. The van der Waals surface area contributed by atoms with Crippen LogP contribution in [0.15, 0.2) is 0 Å². The fraction of sp³-hybridized carbons (Fsp3) is 1.00. The van der Waals surface area contributed by atoms with Crippen molar-refractivity contribution < 1.29 is 4.74 Å². The van der Waals surface area contributed by atoms with Crippen molar-refractivity contribution in [1.82, 2.24) is 5.43 Å². The van der Waals surface area contributed by atoms with Gasteiger partial charge in [0.15, 0.2) is 0 Å². The Balaban J connectivity index is 2.61. The SMILES string of the molecule is CCCCC(CC)CC(NN)C1C(C)OC(C)C1C. The molecule has 19 heavy (non-hydrogen) atoms. The second-order valence-electron chi connectivity index (χ2n) is 6.41. The largest absolute Gasteiger partial charge is 0.375 e. The Morgan fingerprint density at radius 3 is 2.26 bits per heavy atom. The molecule has 1 aliphatic heterocycles. The van der Waals surface area contributed by atoms with Crippen LogP contribution in [0.2, 0.25) is 0 Å². The highest BCUT2D eigenvalue weighted by molar-refractivity contribution is 4.91. The van der Waals surface area contributed by atoms with E-state index in [9.17, 15) is 0 Å². The lowest BCUT2D eigenvalue weighted by atomic mass is 9.79. The van der Waals surface area contributed by atoms with E-state index < -0.39 is 0 Å². The highest BCUT2D eigenvalue weighted by Crippen LogP contribution is 2.36. The first-order chi connectivity index (χ1) is 9.04. The van der Waals surface area contributed by atoms with Crippen LogP contribution in [0, 0.1) is 17.8 Å². The molecule has 1 rings (SSSR count). The molecule has 6 unspecified atom stereocenters. The molecule has 0 bridgehead atoms. The first-order valence-corrected chi connectivity index (χ1v) is 8.16. The Hall–Kier alpha value is -0.120. The average Bonchev–Trinajstić information content (AvgIpc) is 2.65. The van der Waals surface area contributed by atoms with E-state index in [1.165, 1.54) is 32.1 Å². The fourth-order valence-electron chi connectivity index (χ4n) is 3.66. The van der Waals surface area contributed by atoms with Gasteiger partial charge in [0, 0.05) is 12.0 Å². The predicted octanol–water partition coefficient (Wildman–Crippen LogP) is 3.48. The van der Waals surface area contributed by atoms with Crippen LogP contribution in [0.5, 0.6) is 0 Å². The Morgan fingerprint density at radius 1 is 1.16 bits per heavy atom. The van der Waals surface area contributed by atoms with E-state index in [0.717, 1.165) is 5.92 Å². The normalized spacial score (nSPS) is 34.4. The van der Waals surface area contributed by atoms with Crippen molar-refractivity contribution in [2.75, 3.05) is 0 Å². The Kier molecular flexibility index (Phi) is 7.33. The smallest absolute Gasteiger partial charge is 0.0597 e. The molecule has 0 radical (unpaired) electrons. The van der Waals surface area contributed by atoms with Gasteiger partial charge in [-0.05, 0) is 32.1 Å². The summed E-state index contributed by atoms with van der Waals surface area (Å²) in [5.41, 5.74) is 3.09. The van der Waals surface area contributed by atoms with Crippen molar-refractivity contribution in [3.63, 3.8) is 0 Å². The maximum atomic E-state index is 5.97. The molecule has 3 nitrogen and oxygen atoms in total. The van der Waals surface area contributed by atoms with Gasteiger partial charge in [-0.1, -0.05) is 46.5 Å². The van der Waals surface area contributed by atoms with Gasteiger partial charge in [-0.3, -0.25) is 11.3 Å². The molecule has 0 aromatic carbocycles. The van der Waals surface area contributed by atoms with Crippen molar-refractivity contribution >= 4 is 0 Å². The lowest BCUT2D eigenvalue weighted by Gasteiger charge is -2.31. The van der Waals surface area contributed by atoms with Gasteiger partial charge >= 0.3 is 0 Å². The summed E-state index contributed by atoms with van der Waals surface area (Å²) in [6, 6.07) is 0.386. The molecule has 1 fully saturated rings. The zero-order valence-electron chi connectivity index (χ0n) is 13.5. The number of nitrogens with two attached hydrogens (primary N) is 1. The number of hydrogen-bond donors (Lipinski definition) is 2. The van der Waals surface area contributed by atoms with Gasteiger partial charge in [0.05, 0.1) is 12.2 Å². The molecule has 3 N–H and O–H groups in total. The van der Waals surface area contributed by atoms with Crippen molar-refractivity contribution in [3.05, 3.63) is 0 Å². The summed E-state index contributed by atoms with van der Waals surface area (Å²) in [6.45, 7) is 11.2. The minimum Gasteiger partial charge on any atom is -0.375 e. The number of unbranched alkanes of at least 4 members (excludes halogenated alkanes) is 1. The molecule has 0 aliphatic carbocycles. The van der Waals surface area contributed by atoms with E-state index in [1.54, 1.807) is 0 Å². The average molecular weight is 270 g/mol. The van der Waals surface area contributed by atoms with Crippen molar-refractivity contribution in [2.24, 2.45) is 23.6 Å². The van der Waals surface area contributed by atoms with Crippen molar-refractivity contribution in [3.8, 4) is 0 Å². The minimum absolute atomic E-state index is 0.315. The summed E-state index contributed by atoms with van der Waals surface area (Å²) < 4.78 is 5.97. The molecule has 114 valence electrons. The third kappa shape index (κ3) is 4.44. The van der Waals surface area contributed by atoms with E-state index in [0.29, 0.717) is 30.1 Å². The Morgan fingerprint density at radius 2 is 1.84 bits per heavy atom. The van der Waals surface area contributed by atoms with Crippen LogP contribution < -0.4 is 11.3 Å². The minimum atomic E-state index is 0.315. The predicted molar refractivity (Wildman–Crippen MR) is 81.7 cm³/mol. The van der Waals surface area contributed by atoms with Crippen molar-refractivity contribution in [2.45, 2.75) is 85.0 Å². The molecule has 0 saturated carbocycles. The van der Waals surface area contributed by atoms with Crippen LogP contribution in [-0.4, -0.2) is 18.2 Å². The van der Waals surface area contributed by atoms with Gasteiger partial charge in [-0.15, -0.1) is 0 Å². The quantitative estimate of drug-likeness (QED) is 0.524. The first kappa shape index (κ1) is 16.9. The van der Waals surface area contributed by atoms with Crippen LogP contribution in [0.3, 0.4) is 0 Å². The molecular weight excluding hydrogens is 236 g/mol. The monoisotopic (exact) mass is 270 g/mol. The highest BCUT2D eigenvalue weighted by Gasteiger charge is 2.41. The molecule has 6 atom stereocenters. The highest BCUT2D eigenvalue weighted by atomic mass is 16.5. The van der Waals surface area contributed by atoms with Crippen LogP contribution in [0.4, 0.5) is 0 Å². The molecule has 3 heteroatoms. The summed E-state index contributed by atoms with van der Waals surface area (Å²) >= 11 is 0. The second-order valence-corrected chi connectivity index (χ2v) is 6.41. The van der Waals surface area contributed by atoms with E-state index in [1.807, 2.05) is 0 Å². The number of hydrogen-bond acceptors (Lipinski definition) is 3. The second kappa shape index (κ2) is 8.23. The van der Waals surface area contributed by atoms with E-state index in [4.69, 9.17) is 10.6 Å². The third-order valence-electron chi connectivity index (χ3n) is 5.13. The molecule has 1 heterocycles. The molecule has 0 amide bonds. The zero-order valence-corrected chi connectivity index (χ0v) is 13.5. The van der Waals surface area contributed by atoms with Gasteiger partial charge in [0.1, 0.15) is 0 Å². The Labute approximate surface area is 119 Å². The van der Waals surface area contributed by atoms with Crippen LogP contribution >= 0.6 is 0 Å². The topological polar surface area (TPSA) is 47.3 Å². The maximum absolute atomic E-state index is 5.97. The number of rotatable bonds is 8. The zero-order chi connectivity index (χ0) is 14.4. The van der Waals surface area contributed by atoms with Gasteiger partial charge in [0.25, 0.3) is 0 Å². The summed E-state index contributed by atoms with van der Waals surface area (Å²) in [4.78, 5) is 0. The molecule has 1 aliphatic rings. The lowest BCUT2D eigenvalue weighted by Crippen LogP contribution is -2.46. The van der Waals surface area contributed by atoms with Crippen LogP contribution in [-0.2, 0) is 4.74 Å². The van der Waals surface area contributed by atoms with Crippen LogP contribution in [0.1, 0.15) is 66.7 Å². The molecule has 0 aromatic heterocycles. The van der Waals surface area contributed by atoms with Gasteiger partial charge in [-0.2, -0.15) is 0 Å². The summed E-state index contributed by atoms with van der Waals surface area (Å²) in [5, 5.41) is 0. The lowest BCUT2D eigenvalue weighted by molar-refractivity contribution is 0.0463. The summed E-state index contributed by atoms with van der Waals surface area (Å²) in [5.74, 6) is 7.76. The molecular formula is C16H34N2O.